The second-order valence-corrected chi connectivity index (χ2v) is 9.57. The number of esters is 1. The number of hydrogen-bond acceptors (Lipinski definition) is 8. The second-order valence-electron chi connectivity index (χ2n) is 9.16. The van der Waals surface area contributed by atoms with Crippen molar-refractivity contribution in [2.45, 2.75) is 58.7 Å². The van der Waals surface area contributed by atoms with E-state index in [1.54, 1.807) is 19.9 Å². The van der Waals surface area contributed by atoms with E-state index in [2.05, 4.69) is 30.8 Å². The Labute approximate surface area is 198 Å². The summed E-state index contributed by atoms with van der Waals surface area (Å²) >= 11 is 6.23. The lowest BCUT2D eigenvalue weighted by Gasteiger charge is -2.29. The third-order valence-corrected chi connectivity index (χ3v) is 6.09. The summed E-state index contributed by atoms with van der Waals surface area (Å²) in [6, 6.07) is 1.77. The van der Waals surface area contributed by atoms with Gasteiger partial charge in [-0.25, -0.2) is 4.98 Å². The van der Waals surface area contributed by atoms with Gasteiger partial charge in [0.1, 0.15) is 17.4 Å². The lowest BCUT2D eigenvalue weighted by Crippen LogP contribution is -2.42. The zero-order valence-corrected chi connectivity index (χ0v) is 20.3. The van der Waals surface area contributed by atoms with Crippen LogP contribution in [0, 0.1) is 5.41 Å². The van der Waals surface area contributed by atoms with Gasteiger partial charge in [-0.2, -0.15) is 5.10 Å². The van der Waals surface area contributed by atoms with Gasteiger partial charge in [0.2, 0.25) is 0 Å². The van der Waals surface area contributed by atoms with E-state index in [1.165, 1.54) is 24.2 Å². The SMILES string of the molecule is COC(=O)Cn1cc(Cl)c(Nc2cc(NC(C)C)c(C(=O)NCC3(C(C)(C)O)CC3)cn2)n1. The highest BCUT2D eigenvalue weighted by molar-refractivity contribution is 6.33. The largest absolute Gasteiger partial charge is 0.468 e. The van der Waals surface area contributed by atoms with E-state index in [1.807, 2.05) is 13.8 Å². The molecule has 0 radical (unpaired) electrons. The zero-order valence-electron chi connectivity index (χ0n) is 19.5. The molecule has 33 heavy (non-hydrogen) atoms. The fourth-order valence-corrected chi connectivity index (χ4v) is 3.71. The Kier molecular flexibility index (Phi) is 7.18. The normalized spacial score (nSPS) is 14.7. The minimum Gasteiger partial charge on any atom is -0.468 e. The summed E-state index contributed by atoms with van der Waals surface area (Å²) in [7, 11) is 1.30. The third-order valence-electron chi connectivity index (χ3n) is 5.81. The molecule has 0 bridgehead atoms. The van der Waals surface area contributed by atoms with Gasteiger partial charge in [0.05, 0.1) is 24.0 Å². The average Bonchev–Trinajstić information content (AvgIpc) is 3.45. The molecule has 1 aliphatic rings. The molecule has 2 aromatic rings. The van der Waals surface area contributed by atoms with E-state index in [9.17, 15) is 14.7 Å². The number of aliphatic hydroxyl groups is 1. The number of rotatable bonds is 10. The summed E-state index contributed by atoms with van der Waals surface area (Å²) in [5.41, 5.74) is -0.161. The Morgan fingerprint density at radius 2 is 2.06 bits per heavy atom. The number of aromatic nitrogens is 3. The molecule has 1 amide bonds. The van der Waals surface area contributed by atoms with Crippen LogP contribution in [0.2, 0.25) is 5.02 Å². The van der Waals surface area contributed by atoms with E-state index in [-0.39, 0.29) is 23.9 Å². The molecule has 1 saturated carbocycles. The van der Waals surface area contributed by atoms with E-state index in [0.29, 0.717) is 34.5 Å². The molecule has 11 heteroatoms. The first-order chi connectivity index (χ1) is 15.4. The predicted molar refractivity (Wildman–Crippen MR) is 126 cm³/mol. The predicted octanol–water partition coefficient (Wildman–Crippen LogP) is 2.95. The molecule has 0 saturated heterocycles. The van der Waals surface area contributed by atoms with Crippen molar-refractivity contribution in [2.24, 2.45) is 5.41 Å². The van der Waals surface area contributed by atoms with Crippen LogP contribution in [0.1, 0.15) is 50.9 Å². The molecule has 0 aromatic carbocycles. The van der Waals surface area contributed by atoms with Gasteiger partial charge in [-0.05, 0) is 40.5 Å². The molecule has 2 aromatic heterocycles. The Bertz CT molecular complexity index is 1030. The van der Waals surface area contributed by atoms with Crippen molar-refractivity contribution in [3.63, 3.8) is 0 Å². The van der Waals surface area contributed by atoms with Crippen LogP contribution >= 0.6 is 11.6 Å². The molecular formula is C22H31ClN6O4. The fraction of sp³-hybridized carbons (Fsp3) is 0.545. The van der Waals surface area contributed by atoms with Crippen LogP contribution in [-0.4, -0.2) is 57.0 Å². The minimum absolute atomic E-state index is 0.0702. The van der Waals surface area contributed by atoms with Gasteiger partial charge >= 0.3 is 5.97 Å². The summed E-state index contributed by atoms with van der Waals surface area (Å²) in [5.74, 6) is 0.0278. The van der Waals surface area contributed by atoms with Gasteiger partial charge in [0.15, 0.2) is 5.82 Å². The molecule has 1 fully saturated rings. The smallest absolute Gasteiger partial charge is 0.327 e. The summed E-state index contributed by atoms with van der Waals surface area (Å²) < 4.78 is 6.00. The maximum Gasteiger partial charge on any atom is 0.327 e. The summed E-state index contributed by atoms with van der Waals surface area (Å²) in [5, 5.41) is 24.2. The lowest BCUT2D eigenvalue weighted by atomic mass is 9.87. The average molecular weight is 479 g/mol. The number of nitrogens with zero attached hydrogens (tertiary/aromatic N) is 3. The number of methoxy groups -OCH3 is 1. The number of pyridine rings is 1. The van der Waals surface area contributed by atoms with Gasteiger partial charge in [-0.15, -0.1) is 0 Å². The van der Waals surface area contributed by atoms with Crippen LogP contribution in [0.3, 0.4) is 0 Å². The summed E-state index contributed by atoms with van der Waals surface area (Å²) in [6.45, 7) is 7.80. The number of amides is 1. The van der Waals surface area contributed by atoms with Gasteiger partial charge in [0, 0.05) is 36.5 Å². The number of hydrogen-bond donors (Lipinski definition) is 4. The van der Waals surface area contributed by atoms with Crippen LogP contribution in [0.4, 0.5) is 17.3 Å². The molecule has 0 aliphatic heterocycles. The highest BCUT2D eigenvalue weighted by Gasteiger charge is 2.53. The highest BCUT2D eigenvalue weighted by Crippen LogP contribution is 2.53. The van der Waals surface area contributed by atoms with Gasteiger partial charge in [0.25, 0.3) is 5.91 Å². The van der Waals surface area contributed by atoms with Crippen LogP contribution < -0.4 is 16.0 Å². The van der Waals surface area contributed by atoms with Crippen molar-refractivity contribution < 1.29 is 19.4 Å². The molecule has 0 atom stereocenters. The van der Waals surface area contributed by atoms with E-state index < -0.39 is 11.6 Å². The van der Waals surface area contributed by atoms with Crippen LogP contribution in [-0.2, 0) is 16.1 Å². The van der Waals surface area contributed by atoms with Crippen molar-refractivity contribution in [1.82, 2.24) is 20.1 Å². The van der Waals surface area contributed by atoms with Crippen LogP contribution in [0.15, 0.2) is 18.5 Å². The molecule has 10 nitrogen and oxygen atoms in total. The maximum atomic E-state index is 12.9. The Morgan fingerprint density at radius 3 is 2.64 bits per heavy atom. The molecular weight excluding hydrogens is 448 g/mol. The van der Waals surface area contributed by atoms with Crippen molar-refractivity contribution in [1.29, 1.82) is 0 Å². The maximum absolute atomic E-state index is 12.9. The van der Waals surface area contributed by atoms with Gasteiger partial charge in [-0.3, -0.25) is 14.3 Å². The third kappa shape index (κ3) is 5.94. The molecule has 0 spiro atoms. The molecule has 1 aliphatic carbocycles. The molecule has 2 heterocycles. The second kappa shape index (κ2) is 9.56. The topological polar surface area (TPSA) is 130 Å². The Morgan fingerprint density at radius 1 is 1.36 bits per heavy atom. The molecule has 3 rings (SSSR count). The van der Waals surface area contributed by atoms with Crippen LogP contribution in [0.5, 0.6) is 0 Å². The Balaban J connectivity index is 1.77. The van der Waals surface area contributed by atoms with Gasteiger partial charge < -0.3 is 25.8 Å². The van der Waals surface area contributed by atoms with Crippen molar-refractivity contribution >= 4 is 40.8 Å². The molecule has 0 unspecified atom stereocenters. The van der Waals surface area contributed by atoms with Crippen molar-refractivity contribution in [2.75, 3.05) is 24.3 Å². The van der Waals surface area contributed by atoms with E-state index in [4.69, 9.17) is 11.6 Å². The quantitative estimate of drug-likeness (QED) is 0.383. The zero-order chi connectivity index (χ0) is 24.4. The molecule has 4 N–H and O–H groups in total. The highest BCUT2D eigenvalue weighted by atomic mass is 35.5. The first-order valence-corrected chi connectivity index (χ1v) is 11.2. The summed E-state index contributed by atoms with van der Waals surface area (Å²) in [4.78, 5) is 28.7. The minimum atomic E-state index is -0.859. The van der Waals surface area contributed by atoms with Gasteiger partial charge in [-0.1, -0.05) is 11.6 Å². The standard InChI is InChI=1S/C22H31ClN6O4/c1-13(2)26-16-8-17(27-19-15(23)10-29(28-19)11-18(30)33-5)24-9-14(16)20(31)25-12-22(6-7-22)21(3,4)32/h8-10,13,32H,6-7,11-12H2,1-5H3,(H,25,31)(H2,24,26,27,28). The van der Waals surface area contributed by atoms with Crippen molar-refractivity contribution in [3.05, 3.63) is 29.0 Å². The number of carbonyl (C=O) groups is 2. The van der Waals surface area contributed by atoms with Crippen molar-refractivity contribution in [3.8, 4) is 0 Å². The number of ether oxygens (including phenoxy) is 1. The number of carbonyl (C=O) groups excluding carboxylic acids is 2. The lowest BCUT2D eigenvalue weighted by molar-refractivity contribution is -0.141. The monoisotopic (exact) mass is 478 g/mol. The number of nitrogens with one attached hydrogen (secondary N) is 3. The first kappa shape index (κ1) is 24.8. The summed E-state index contributed by atoms with van der Waals surface area (Å²) in [6.07, 6.45) is 4.73. The fourth-order valence-electron chi connectivity index (χ4n) is 3.52. The van der Waals surface area contributed by atoms with E-state index >= 15 is 0 Å². The Hall–Kier alpha value is -2.85. The number of halogens is 1. The first-order valence-electron chi connectivity index (χ1n) is 10.8. The number of anilines is 3. The van der Waals surface area contributed by atoms with Crippen LogP contribution in [0.25, 0.3) is 0 Å². The van der Waals surface area contributed by atoms with E-state index in [0.717, 1.165) is 12.8 Å². The molecule has 180 valence electrons.